The van der Waals surface area contributed by atoms with Crippen LogP contribution < -0.4 is 15.7 Å². The lowest BCUT2D eigenvalue weighted by Crippen LogP contribution is -2.60. The van der Waals surface area contributed by atoms with E-state index in [1.807, 2.05) is 0 Å². The first kappa shape index (κ1) is 40.0. The maximum Gasteiger partial charge on any atom is 0.333 e. The highest BCUT2D eigenvalue weighted by molar-refractivity contribution is 7.21. The molecule has 8 aromatic carbocycles. The first-order chi connectivity index (χ1) is 32.6. The third-order valence-corrected chi connectivity index (χ3v) is 16.1. The van der Waals surface area contributed by atoms with Crippen LogP contribution in [0.15, 0.2) is 148 Å². The Hall–Kier alpha value is -7.09. The van der Waals surface area contributed by atoms with Gasteiger partial charge in [-0.3, -0.25) is 0 Å². The van der Waals surface area contributed by atoms with Crippen molar-refractivity contribution < 1.29 is 8.83 Å². The van der Waals surface area contributed by atoms with Crippen LogP contribution in [0, 0.1) is 0 Å². The Morgan fingerprint density at radius 3 is 2.00 bits per heavy atom. The standard InChI is InChI=1S/C61H50BN3O2S/c1-59(2,3)34-19-23-37(24-20-34)65-46-31-50-40(38-25-21-36(61(7,8)9)28-49(38)66-50)29-42(46)54-55-56-52(53-39-17-13-14-18-48(39)67-57(53)54)41-27-35(60(4,5)6)22-26-45(41)64(56)47-32-51-44(30-43(47)62(55)65)63-58(68-51)33-15-11-10-12-16-33/h10-32H,1-9H3. The van der Waals surface area contributed by atoms with Gasteiger partial charge in [0.2, 0.25) is 0 Å². The van der Waals surface area contributed by atoms with E-state index in [0.717, 1.165) is 82.5 Å². The molecule has 0 fully saturated rings. The highest BCUT2D eigenvalue weighted by Crippen LogP contribution is 2.53. The predicted octanol–water partition coefficient (Wildman–Crippen LogP) is 16.0. The van der Waals surface area contributed by atoms with E-state index in [9.17, 15) is 0 Å². The molecule has 0 N–H and O–H groups in total. The van der Waals surface area contributed by atoms with E-state index in [0.29, 0.717) is 0 Å². The van der Waals surface area contributed by atoms with E-state index in [4.69, 9.17) is 13.8 Å². The van der Waals surface area contributed by atoms with Crippen LogP contribution in [-0.4, -0.2) is 16.4 Å². The molecule has 6 heterocycles. The number of furan rings is 2. The smallest absolute Gasteiger partial charge is 0.333 e. The molecule has 0 saturated carbocycles. The molecular weight excluding hydrogens is 850 g/mol. The lowest BCUT2D eigenvalue weighted by atomic mass is 9.43. The number of benzene rings is 8. The van der Waals surface area contributed by atoms with Gasteiger partial charge in [0.15, 0.2) is 0 Å². The second-order valence-electron chi connectivity index (χ2n) is 22.4. The molecule has 0 bridgehead atoms. The quantitative estimate of drug-likeness (QED) is 0.162. The number of nitrogens with zero attached hydrogens (tertiary/aromatic N) is 3. The Morgan fingerprint density at radius 1 is 0.544 bits per heavy atom. The number of hydrogen-bond donors (Lipinski definition) is 0. The molecule has 12 aromatic rings. The molecule has 0 spiro atoms. The van der Waals surface area contributed by atoms with E-state index in [-0.39, 0.29) is 23.1 Å². The molecule has 0 amide bonds. The number of hydrogen-bond acceptors (Lipinski definition) is 5. The molecule has 0 radical (unpaired) electrons. The number of thiazole rings is 1. The monoisotopic (exact) mass is 899 g/mol. The van der Waals surface area contributed by atoms with Crippen molar-refractivity contribution in [1.29, 1.82) is 0 Å². The van der Waals surface area contributed by atoms with Gasteiger partial charge in [-0.15, -0.1) is 11.3 Å². The van der Waals surface area contributed by atoms with E-state index in [2.05, 4.69) is 211 Å². The fraction of sp³-hybridized carbons (Fsp3) is 0.197. The zero-order valence-electron chi connectivity index (χ0n) is 39.9. The van der Waals surface area contributed by atoms with Crippen molar-refractivity contribution in [3.8, 4) is 27.4 Å². The third-order valence-electron chi connectivity index (χ3n) is 15.1. The molecule has 330 valence electrons. The van der Waals surface area contributed by atoms with E-state index in [1.165, 1.54) is 59.8 Å². The number of aromatic nitrogens is 2. The Balaban J connectivity index is 1.19. The molecule has 2 aliphatic heterocycles. The molecule has 5 nitrogen and oxygen atoms in total. The molecule has 0 unspecified atom stereocenters. The summed E-state index contributed by atoms with van der Waals surface area (Å²) in [7, 11) is 0. The molecule has 2 aliphatic rings. The van der Waals surface area contributed by atoms with Crippen LogP contribution in [-0.2, 0) is 16.2 Å². The van der Waals surface area contributed by atoms with Crippen LogP contribution in [0.3, 0.4) is 0 Å². The summed E-state index contributed by atoms with van der Waals surface area (Å²) < 4.78 is 18.0. The number of rotatable bonds is 2. The fourth-order valence-corrected chi connectivity index (χ4v) is 12.5. The van der Waals surface area contributed by atoms with Crippen molar-refractivity contribution in [3.63, 3.8) is 0 Å². The van der Waals surface area contributed by atoms with Gasteiger partial charge >= 0.3 is 6.85 Å². The second kappa shape index (κ2) is 13.3. The minimum atomic E-state index is -0.243. The van der Waals surface area contributed by atoms with E-state index in [1.54, 1.807) is 11.3 Å². The molecule has 0 saturated heterocycles. The average Bonchev–Trinajstić information content (AvgIpc) is 4.09. The maximum absolute atomic E-state index is 7.32. The number of fused-ring (bicyclic) bond motifs is 17. The summed E-state index contributed by atoms with van der Waals surface area (Å²) >= 11 is 1.77. The van der Waals surface area contributed by atoms with Crippen LogP contribution >= 0.6 is 11.3 Å². The second-order valence-corrected chi connectivity index (χ2v) is 23.4. The first-order valence-corrected chi connectivity index (χ1v) is 24.8. The molecule has 0 atom stereocenters. The van der Waals surface area contributed by atoms with Gasteiger partial charge in [0.1, 0.15) is 27.3 Å². The summed E-state index contributed by atoms with van der Waals surface area (Å²) in [6.07, 6.45) is 0. The van der Waals surface area contributed by atoms with Crippen LogP contribution in [0.4, 0.5) is 11.4 Å². The van der Waals surface area contributed by atoms with Crippen molar-refractivity contribution >= 4 is 116 Å². The lowest BCUT2D eigenvalue weighted by Gasteiger charge is -2.42. The van der Waals surface area contributed by atoms with Crippen molar-refractivity contribution in [1.82, 2.24) is 9.55 Å². The van der Waals surface area contributed by atoms with Crippen molar-refractivity contribution in [3.05, 3.63) is 156 Å². The van der Waals surface area contributed by atoms with Crippen LogP contribution in [0.1, 0.15) is 79.0 Å². The molecule has 14 rings (SSSR count). The van der Waals surface area contributed by atoms with Crippen LogP contribution in [0.5, 0.6) is 0 Å². The minimum Gasteiger partial charge on any atom is -0.456 e. The average molecular weight is 900 g/mol. The summed E-state index contributed by atoms with van der Waals surface area (Å²) in [5.41, 5.74) is 20.0. The van der Waals surface area contributed by atoms with Crippen LogP contribution in [0.25, 0.3) is 103 Å². The predicted molar refractivity (Wildman–Crippen MR) is 289 cm³/mol. The molecule has 4 aromatic heterocycles. The maximum atomic E-state index is 7.32. The van der Waals surface area contributed by atoms with Gasteiger partial charge in [-0.05, 0) is 98.5 Å². The Bertz CT molecular complexity index is 4150. The zero-order chi connectivity index (χ0) is 46.3. The third kappa shape index (κ3) is 5.48. The van der Waals surface area contributed by atoms with Gasteiger partial charge in [0, 0.05) is 72.1 Å². The van der Waals surface area contributed by atoms with Crippen molar-refractivity contribution in [2.75, 3.05) is 4.81 Å². The normalized spacial score (nSPS) is 13.9. The summed E-state index contributed by atoms with van der Waals surface area (Å²) in [5, 5.41) is 8.01. The molecule has 0 aliphatic carbocycles. The first-order valence-electron chi connectivity index (χ1n) is 24.0. The van der Waals surface area contributed by atoms with E-state index >= 15 is 0 Å². The number of para-hydroxylation sites is 1. The summed E-state index contributed by atoms with van der Waals surface area (Å²) in [5.74, 6) is 0. The van der Waals surface area contributed by atoms with Gasteiger partial charge < -0.3 is 18.2 Å². The minimum absolute atomic E-state index is 0.00663. The Labute approximate surface area is 399 Å². The summed E-state index contributed by atoms with van der Waals surface area (Å²) in [4.78, 5) is 8.00. The SMILES string of the molecule is CC(C)(C)c1ccc(N2B3c4cc5nc(-c6ccccc6)sc5cc4-n4c5ccc(C(C)(C)C)cc5c5c6c(oc7ccccc76)c(c3c54)-c3cc4c(cc32)oc2cc(C(C)(C)C)ccc24)cc1. The summed E-state index contributed by atoms with van der Waals surface area (Å²) in [6.45, 7) is 20.4. The van der Waals surface area contributed by atoms with Gasteiger partial charge in [-0.2, -0.15) is 0 Å². The zero-order valence-corrected chi connectivity index (χ0v) is 40.7. The molecular formula is C61H50BN3O2S. The topological polar surface area (TPSA) is 47.3 Å². The largest absolute Gasteiger partial charge is 0.456 e. The van der Waals surface area contributed by atoms with Gasteiger partial charge in [-0.1, -0.05) is 141 Å². The van der Waals surface area contributed by atoms with Gasteiger partial charge in [0.05, 0.1) is 21.3 Å². The van der Waals surface area contributed by atoms with Crippen molar-refractivity contribution in [2.24, 2.45) is 0 Å². The Morgan fingerprint density at radius 2 is 1.24 bits per heavy atom. The van der Waals surface area contributed by atoms with E-state index < -0.39 is 0 Å². The Kier molecular flexibility index (Phi) is 7.84. The lowest BCUT2D eigenvalue weighted by molar-refractivity contribution is 0.587. The molecule has 68 heavy (non-hydrogen) atoms. The number of anilines is 2. The molecule has 7 heteroatoms. The van der Waals surface area contributed by atoms with Gasteiger partial charge in [0.25, 0.3) is 0 Å². The summed E-state index contributed by atoms with van der Waals surface area (Å²) in [6, 6.07) is 52.0. The fourth-order valence-electron chi connectivity index (χ4n) is 11.5. The van der Waals surface area contributed by atoms with Crippen molar-refractivity contribution in [2.45, 2.75) is 78.6 Å². The van der Waals surface area contributed by atoms with Crippen LogP contribution in [0.2, 0.25) is 0 Å². The highest BCUT2D eigenvalue weighted by Gasteiger charge is 2.47. The highest BCUT2D eigenvalue weighted by atomic mass is 32.1. The van der Waals surface area contributed by atoms with Gasteiger partial charge in [-0.25, -0.2) is 4.98 Å².